The van der Waals surface area contributed by atoms with E-state index in [9.17, 15) is 14.4 Å². The van der Waals surface area contributed by atoms with E-state index in [0.29, 0.717) is 0 Å². The van der Waals surface area contributed by atoms with E-state index in [2.05, 4.69) is 9.39 Å². The van der Waals surface area contributed by atoms with E-state index >= 15 is 0 Å². The first-order chi connectivity index (χ1) is 10.0. The van der Waals surface area contributed by atoms with Crippen molar-refractivity contribution in [3.63, 3.8) is 0 Å². The van der Waals surface area contributed by atoms with E-state index in [-0.39, 0.29) is 19.8 Å². The second kappa shape index (κ2) is 9.08. The highest BCUT2D eigenvalue weighted by atomic mass is 31.0. The van der Waals surface area contributed by atoms with Crippen LogP contribution in [-0.2, 0) is 30.5 Å². The Morgan fingerprint density at radius 3 is 2.38 bits per heavy atom. The lowest BCUT2D eigenvalue weighted by molar-refractivity contribution is -0.151. The van der Waals surface area contributed by atoms with Crippen molar-refractivity contribution in [1.82, 2.24) is 4.67 Å². The summed E-state index contributed by atoms with van der Waals surface area (Å²) in [5, 5.41) is 0. The number of esters is 2. The van der Waals surface area contributed by atoms with Crippen LogP contribution in [0.1, 0.15) is 18.9 Å². The molecule has 0 aliphatic heterocycles. The van der Waals surface area contributed by atoms with Crippen LogP contribution in [0.4, 0.5) is 0 Å². The molecule has 0 radical (unpaired) electrons. The molecule has 114 valence electrons. The fourth-order valence-electron chi connectivity index (χ4n) is 1.45. The molecular formula is C14H18NO5P. The summed E-state index contributed by atoms with van der Waals surface area (Å²) in [4.78, 5) is 34.5. The van der Waals surface area contributed by atoms with Crippen molar-refractivity contribution in [2.24, 2.45) is 0 Å². The monoisotopic (exact) mass is 311 g/mol. The van der Waals surface area contributed by atoms with Crippen molar-refractivity contribution in [2.45, 2.75) is 20.0 Å². The van der Waals surface area contributed by atoms with Gasteiger partial charge in [0.25, 0.3) is 0 Å². The average molecular weight is 311 g/mol. The van der Waals surface area contributed by atoms with Gasteiger partial charge in [-0.15, -0.1) is 0 Å². The molecule has 1 amide bonds. The zero-order chi connectivity index (χ0) is 15.7. The second-order valence-electron chi connectivity index (χ2n) is 4.15. The molecule has 7 heteroatoms. The van der Waals surface area contributed by atoms with E-state index in [0.717, 1.165) is 10.2 Å². The van der Waals surface area contributed by atoms with E-state index < -0.39 is 24.3 Å². The van der Waals surface area contributed by atoms with E-state index in [1.54, 1.807) is 6.92 Å². The molecule has 0 fully saturated rings. The molecule has 0 saturated heterocycles. The Hall–Kier alpha value is -1.94. The minimum atomic E-state index is -0.639. The highest BCUT2D eigenvalue weighted by molar-refractivity contribution is 7.14. The van der Waals surface area contributed by atoms with Crippen LogP contribution in [-0.4, -0.2) is 35.7 Å². The van der Waals surface area contributed by atoms with Crippen molar-refractivity contribution in [1.29, 1.82) is 0 Å². The van der Waals surface area contributed by atoms with Gasteiger partial charge in [0.15, 0.2) is 0 Å². The molecule has 0 spiro atoms. The number of hydrogen-bond acceptors (Lipinski definition) is 5. The number of ether oxygens (including phenoxy) is 2. The Bertz CT molecular complexity index is 491. The van der Waals surface area contributed by atoms with Crippen LogP contribution in [0, 0.1) is 0 Å². The fraction of sp³-hybridized carbons (Fsp3) is 0.357. The number of hydrogen-bond donors (Lipinski definition) is 0. The Morgan fingerprint density at radius 2 is 1.76 bits per heavy atom. The van der Waals surface area contributed by atoms with Gasteiger partial charge in [0.1, 0.15) is 19.6 Å². The van der Waals surface area contributed by atoms with Crippen LogP contribution in [0.15, 0.2) is 30.3 Å². The summed E-state index contributed by atoms with van der Waals surface area (Å²) < 4.78 is 10.8. The van der Waals surface area contributed by atoms with Gasteiger partial charge in [0.05, 0.1) is 6.61 Å². The van der Waals surface area contributed by atoms with Gasteiger partial charge in [-0.2, -0.15) is 0 Å². The first-order valence-electron chi connectivity index (χ1n) is 6.43. The van der Waals surface area contributed by atoms with Gasteiger partial charge in [-0.05, 0) is 21.9 Å². The molecule has 0 bridgehead atoms. The van der Waals surface area contributed by atoms with Gasteiger partial charge in [-0.3, -0.25) is 14.4 Å². The predicted molar refractivity (Wildman–Crippen MR) is 78.9 cm³/mol. The molecule has 1 atom stereocenters. The lowest BCUT2D eigenvalue weighted by Crippen LogP contribution is -2.30. The molecule has 1 rings (SSSR count). The van der Waals surface area contributed by atoms with Crippen LogP contribution in [0.3, 0.4) is 0 Å². The number of amides is 1. The summed E-state index contributed by atoms with van der Waals surface area (Å²) in [5.74, 6) is -1.69. The summed E-state index contributed by atoms with van der Waals surface area (Å²) in [6, 6.07) is 9.16. The van der Waals surface area contributed by atoms with Crippen molar-refractivity contribution >= 4 is 27.2 Å². The molecule has 0 saturated carbocycles. The van der Waals surface area contributed by atoms with Gasteiger partial charge in [-0.25, -0.2) is 0 Å². The molecule has 21 heavy (non-hydrogen) atoms. The van der Waals surface area contributed by atoms with Crippen LogP contribution >= 0.6 is 9.39 Å². The zero-order valence-electron chi connectivity index (χ0n) is 11.8. The molecule has 6 nitrogen and oxygen atoms in total. The SMILES string of the molecule is CCOC(=O)CN(P)C(=O)CC(=O)OCc1ccccc1. The van der Waals surface area contributed by atoms with Crippen LogP contribution in [0.2, 0.25) is 0 Å². The highest BCUT2D eigenvalue weighted by Crippen LogP contribution is 2.06. The molecule has 1 unspecified atom stereocenters. The zero-order valence-corrected chi connectivity index (χ0v) is 12.9. The third-order valence-electron chi connectivity index (χ3n) is 2.46. The Morgan fingerprint density at radius 1 is 1.10 bits per heavy atom. The molecule has 0 aromatic heterocycles. The number of benzene rings is 1. The lowest BCUT2D eigenvalue weighted by atomic mass is 10.2. The van der Waals surface area contributed by atoms with Gasteiger partial charge in [0.2, 0.25) is 5.91 Å². The van der Waals surface area contributed by atoms with Gasteiger partial charge in [0, 0.05) is 0 Å². The first-order valence-corrected chi connectivity index (χ1v) is 6.94. The quantitative estimate of drug-likeness (QED) is 0.431. The minimum absolute atomic E-state index is 0.113. The molecular weight excluding hydrogens is 293 g/mol. The van der Waals surface area contributed by atoms with Crippen molar-refractivity contribution < 1.29 is 23.9 Å². The second-order valence-corrected chi connectivity index (χ2v) is 4.77. The molecule has 0 aliphatic carbocycles. The standard InChI is InChI=1S/C14H18NO5P/c1-2-19-14(18)9-15(21)12(16)8-13(17)20-10-11-6-4-3-5-7-11/h3-7H,2,8-10,21H2,1H3. The lowest BCUT2D eigenvalue weighted by Gasteiger charge is -2.15. The minimum Gasteiger partial charge on any atom is -0.465 e. The fourth-order valence-corrected chi connectivity index (χ4v) is 1.69. The Labute approximate surface area is 125 Å². The number of carbonyl (C=O) groups excluding carboxylic acids is 3. The topological polar surface area (TPSA) is 72.9 Å². The van der Waals surface area contributed by atoms with Crippen molar-refractivity contribution in [3.8, 4) is 0 Å². The molecule has 0 N–H and O–H groups in total. The van der Waals surface area contributed by atoms with Crippen molar-refractivity contribution in [3.05, 3.63) is 35.9 Å². The molecule has 1 aromatic rings. The number of rotatable bonds is 7. The molecule has 0 heterocycles. The van der Waals surface area contributed by atoms with Gasteiger partial charge in [-0.1, -0.05) is 30.3 Å². The van der Waals surface area contributed by atoms with Crippen molar-refractivity contribution in [2.75, 3.05) is 13.2 Å². The van der Waals surface area contributed by atoms with Crippen LogP contribution < -0.4 is 0 Å². The molecule has 0 aliphatic rings. The van der Waals surface area contributed by atoms with Gasteiger partial charge >= 0.3 is 11.9 Å². The van der Waals surface area contributed by atoms with E-state index in [1.165, 1.54) is 0 Å². The third kappa shape index (κ3) is 6.86. The third-order valence-corrected chi connectivity index (χ3v) is 2.93. The largest absolute Gasteiger partial charge is 0.465 e. The Kier molecular flexibility index (Phi) is 7.40. The number of carbonyl (C=O) groups is 3. The van der Waals surface area contributed by atoms with E-state index in [4.69, 9.17) is 9.47 Å². The maximum absolute atomic E-state index is 11.7. The summed E-state index contributed by atoms with van der Waals surface area (Å²) in [6.07, 6.45) is -0.421. The average Bonchev–Trinajstić information content (AvgIpc) is 2.46. The smallest absolute Gasteiger partial charge is 0.325 e. The first kappa shape index (κ1) is 17.1. The summed E-state index contributed by atoms with van der Waals surface area (Å²) in [5.41, 5.74) is 0.840. The van der Waals surface area contributed by atoms with Gasteiger partial charge < -0.3 is 14.1 Å². The molecule has 1 aromatic carbocycles. The maximum Gasteiger partial charge on any atom is 0.325 e. The Balaban J connectivity index is 2.33. The number of nitrogens with zero attached hydrogens (tertiary/aromatic N) is 1. The summed E-state index contributed by atoms with van der Waals surface area (Å²) >= 11 is 0. The predicted octanol–water partition coefficient (Wildman–Crippen LogP) is 1.30. The highest BCUT2D eigenvalue weighted by Gasteiger charge is 2.18. The van der Waals surface area contributed by atoms with Crippen LogP contribution in [0.5, 0.6) is 0 Å². The van der Waals surface area contributed by atoms with E-state index in [1.807, 2.05) is 30.3 Å². The van der Waals surface area contributed by atoms with Crippen LogP contribution in [0.25, 0.3) is 0 Å². The normalized spacial score (nSPS) is 9.81. The maximum atomic E-state index is 11.7. The summed E-state index contributed by atoms with van der Waals surface area (Å²) in [6.45, 7) is 1.81. The summed E-state index contributed by atoms with van der Waals surface area (Å²) in [7, 11) is 2.09.